The molecule has 0 spiro atoms. The van der Waals surface area contributed by atoms with Gasteiger partial charge in [0.25, 0.3) is 0 Å². The van der Waals surface area contributed by atoms with Crippen LogP contribution in [0.1, 0.15) is 71.9 Å². The number of rotatable bonds is 6. The first-order valence-corrected chi connectivity index (χ1v) is 9.59. The summed E-state index contributed by atoms with van der Waals surface area (Å²) in [6.07, 6.45) is 0.543. The summed E-state index contributed by atoms with van der Waals surface area (Å²) in [6, 6.07) is 7.66. The van der Waals surface area contributed by atoms with Gasteiger partial charge in [0.1, 0.15) is 17.4 Å². The molecule has 0 saturated carbocycles. The number of cyclic esters (lactones) is 1. The van der Waals surface area contributed by atoms with Crippen LogP contribution >= 0.6 is 0 Å². The fourth-order valence-corrected chi connectivity index (χ4v) is 3.65. The van der Waals surface area contributed by atoms with Crippen LogP contribution in [0.5, 0.6) is 0 Å². The smallest absolute Gasteiger partial charge is 0.324 e. The first kappa shape index (κ1) is 20.6. The lowest BCUT2D eigenvalue weighted by Crippen LogP contribution is -2.69. The van der Waals surface area contributed by atoms with Gasteiger partial charge in [-0.1, -0.05) is 45.0 Å². The van der Waals surface area contributed by atoms with E-state index in [1.165, 1.54) is 5.56 Å². The Balaban J connectivity index is 2.10. The van der Waals surface area contributed by atoms with E-state index in [0.29, 0.717) is 18.9 Å². The van der Waals surface area contributed by atoms with Crippen LogP contribution < -0.4 is 0 Å². The van der Waals surface area contributed by atoms with E-state index < -0.39 is 11.6 Å². The second-order valence-corrected chi connectivity index (χ2v) is 8.61. The van der Waals surface area contributed by atoms with Gasteiger partial charge in [0.05, 0.1) is 5.54 Å². The molecule has 26 heavy (non-hydrogen) atoms. The van der Waals surface area contributed by atoms with Crippen molar-refractivity contribution in [1.29, 1.82) is 0 Å². The SMILES string of the molecule is CCN1C(CC(=O)Cc2ccc(C(C)C)cc2)C(=O)OC(C)(C)C1(C)C. The van der Waals surface area contributed by atoms with Crippen LogP contribution in [0, 0.1) is 0 Å². The number of hydrogen-bond donors (Lipinski definition) is 0. The molecule has 1 aromatic rings. The molecule has 0 amide bonds. The minimum atomic E-state index is -0.591. The van der Waals surface area contributed by atoms with Gasteiger partial charge in [0, 0.05) is 12.8 Å². The second kappa shape index (κ2) is 7.51. The highest BCUT2D eigenvalue weighted by atomic mass is 16.6. The fraction of sp³-hybridized carbons (Fsp3) is 0.636. The van der Waals surface area contributed by atoms with Gasteiger partial charge < -0.3 is 4.74 Å². The Morgan fingerprint density at radius 3 is 2.23 bits per heavy atom. The molecular weight excluding hydrogens is 326 g/mol. The average Bonchev–Trinajstić information content (AvgIpc) is 2.53. The summed E-state index contributed by atoms with van der Waals surface area (Å²) >= 11 is 0. The van der Waals surface area contributed by atoms with Gasteiger partial charge in [-0.15, -0.1) is 0 Å². The molecular formula is C22H33NO3. The third-order valence-corrected chi connectivity index (χ3v) is 6.00. The van der Waals surface area contributed by atoms with E-state index in [0.717, 1.165) is 5.56 Å². The highest BCUT2D eigenvalue weighted by Gasteiger charge is 2.53. The molecule has 0 bridgehead atoms. The van der Waals surface area contributed by atoms with Crippen LogP contribution in [0.25, 0.3) is 0 Å². The number of ketones is 1. The van der Waals surface area contributed by atoms with Crippen LogP contribution in [0.15, 0.2) is 24.3 Å². The van der Waals surface area contributed by atoms with Crippen LogP contribution in [0.4, 0.5) is 0 Å². The van der Waals surface area contributed by atoms with Crippen molar-refractivity contribution in [3.05, 3.63) is 35.4 Å². The molecule has 4 nitrogen and oxygen atoms in total. The molecule has 0 radical (unpaired) electrons. The second-order valence-electron chi connectivity index (χ2n) is 8.61. The van der Waals surface area contributed by atoms with E-state index in [1.54, 1.807) is 0 Å². The molecule has 0 aromatic heterocycles. The number of likely N-dealkylation sites (N-methyl/N-ethyl adjacent to an activating group) is 1. The molecule has 1 aliphatic heterocycles. The van der Waals surface area contributed by atoms with E-state index in [1.807, 2.05) is 32.9 Å². The van der Waals surface area contributed by atoms with E-state index in [9.17, 15) is 9.59 Å². The lowest BCUT2D eigenvalue weighted by Gasteiger charge is -2.54. The summed E-state index contributed by atoms with van der Waals surface area (Å²) in [5.41, 5.74) is 1.33. The topological polar surface area (TPSA) is 46.6 Å². The molecule has 2 rings (SSSR count). The van der Waals surface area contributed by atoms with Gasteiger partial charge in [-0.05, 0) is 51.3 Å². The van der Waals surface area contributed by atoms with Gasteiger partial charge in [-0.2, -0.15) is 0 Å². The fourth-order valence-electron chi connectivity index (χ4n) is 3.65. The van der Waals surface area contributed by atoms with Crippen molar-refractivity contribution in [3.63, 3.8) is 0 Å². The highest BCUT2D eigenvalue weighted by Crippen LogP contribution is 2.38. The molecule has 1 heterocycles. The summed E-state index contributed by atoms with van der Waals surface area (Å²) in [7, 11) is 0. The lowest BCUT2D eigenvalue weighted by atomic mass is 9.80. The number of carbonyl (C=O) groups excluding carboxylic acids is 2. The van der Waals surface area contributed by atoms with Crippen molar-refractivity contribution in [2.75, 3.05) is 6.54 Å². The van der Waals surface area contributed by atoms with Crippen molar-refractivity contribution in [3.8, 4) is 0 Å². The summed E-state index contributed by atoms with van der Waals surface area (Å²) in [5.74, 6) is 0.248. The zero-order valence-corrected chi connectivity index (χ0v) is 17.3. The summed E-state index contributed by atoms with van der Waals surface area (Å²) in [4.78, 5) is 27.3. The average molecular weight is 360 g/mol. The van der Waals surface area contributed by atoms with Gasteiger partial charge in [0.2, 0.25) is 0 Å². The van der Waals surface area contributed by atoms with Crippen molar-refractivity contribution in [2.24, 2.45) is 0 Å². The number of nitrogens with zero attached hydrogens (tertiary/aromatic N) is 1. The Bertz CT molecular complexity index is 658. The summed E-state index contributed by atoms with van der Waals surface area (Å²) in [5, 5.41) is 0. The molecule has 1 aromatic carbocycles. The number of benzene rings is 1. The minimum absolute atomic E-state index is 0.0678. The molecule has 4 heteroatoms. The van der Waals surface area contributed by atoms with E-state index in [2.05, 4.69) is 44.7 Å². The molecule has 1 unspecified atom stereocenters. The number of carbonyl (C=O) groups is 2. The van der Waals surface area contributed by atoms with Crippen molar-refractivity contribution < 1.29 is 14.3 Å². The predicted octanol–water partition coefficient (Wildman–Crippen LogP) is 4.12. The Kier molecular flexibility index (Phi) is 5.96. The normalized spacial score (nSPS) is 22.3. The molecule has 1 fully saturated rings. The van der Waals surface area contributed by atoms with Crippen LogP contribution in [0.3, 0.4) is 0 Å². The monoisotopic (exact) mass is 359 g/mol. The molecule has 1 aliphatic rings. The first-order valence-electron chi connectivity index (χ1n) is 9.59. The van der Waals surface area contributed by atoms with Gasteiger partial charge in [-0.3, -0.25) is 14.5 Å². The molecule has 0 N–H and O–H groups in total. The minimum Gasteiger partial charge on any atom is -0.457 e. The Morgan fingerprint density at radius 2 is 1.73 bits per heavy atom. The zero-order valence-electron chi connectivity index (χ0n) is 17.3. The molecule has 1 saturated heterocycles. The Morgan fingerprint density at radius 1 is 1.15 bits per heavy atom. The molecule has 0 aliphatic carbocycles. The van der Waals surface area contributed by atoms with Gasteiger partial charge >= 0.3 is 5.97 Å². The van der Waals surface area contributed by atoms with E-state index >= 15 is 0 Å². The zero-order chi connectivity index (χ0) is 19.7. The number of hydrogen-bond acceptors (Lipinski definition) is 4. The first-order chi connectivity index (χ1) is 12.0. The lowest BCUT2D eigenvalue weighted by molar-refractivity contribution is -0.205. The Hall–Kier alpha value is -1.68. The number of Topliss-reactive ketones (excluding diaryl/α,β-unsaturated/α-hetero) is 1. The maximum atomic E-state index is 12.6. The van der Waals surface area contributed by atoms with Crippen LogP contribution in [0.2, 0.25) is 0 Å². The summed E-state index contributed by atoms with van der Waals surface area (Å²) in [6.45, 7) is 15.0. The Labute approximate surface area is 157 Å². The maximum Gasteiger partial charge on any atom is 0.324 e. The third kappa shape index (κ3) is 4.01. The van der Waals surface area contributed by atoms with Crippen molar-refractivity contribution in [1.82, 2.24) is 4.90 Å². The number of esters is 1. The molecule has 144 valence electrons. The number of morpholine rings is 1. The van der Waals surface area contributed by atoms with E-state index in [4.69, 9.17) is 4.74 Å². The van der Waals surface area contributed by atoms with Crippen LogP contribution in [-0.2, 0) is 20.7 Å². The van der Waals surface area contributed by atoms with Crippen LogP contribution in [-0.4, -0.2) is 40.4 Å². The third-order valence-electron chi connectivity index (χ3n) is 6.00. The van der Waals surface area contributed by atoms with Gasteiger partial charge in [-0.25, -0.2) is 0 Å². The molecule has 1 atom stereocenters. The summed E-state index contributed by atoms with van der Waals surface area (Å²) < 4.78 is 5.69. The standard InChI is InChI=1S/C22H33NO3/c1-8-23-19(20(25)26-22(6,7)21(23,4)5)14-18(24)13-16-9-11-17(12-10-16)15(2)3/h9-12,15,19H,8,13-14H2,1-7H3. The number of ether oxygens (including phenoxy) is 1. The largest absolute Gasteiger partial charge is 0.457 e. The van der Waals surface area contributed by atoms with Crippen molar-refractivity contribution in [2.45, 2.75) is 84.4 Å². The maximum absolute atomic E-state index is 12.6. The van der Waals surface area contributed by atoms with E-state index in [-0.39, 0.29) is 23.7 Å². The highest BCUT2D eigenvalue weighted by molar-refractivity contribution is 5.88. The van der Waals surface area contributed by atoms with Crippen molar-refractivity contribution >= 4 is 11.8 Å². The predicted molar refractivity (Wildman–Crippen MR) is 104 cm³/mol. The van der Waals surface area contributed by atoms with Gasteiger partial charge in [0.15, 0.2) is 0 Å². The quantitative estimate of drug-likeness (QED) is 0.717.